The Bertz CT molecular complexity index is 131. The number of ether oxygens (including phenoxy) is 1. The predicted molar refractivity (Wildman–Crippen MR) is 37.9 cm³/mol. The Balaban J connectivity index is 2.13. The molecule has 72 valence electrons. The molecular weight excluding hydrogens is 171 g/mol. The molecule has 0 aromatic carbocycles. The zero-order valence-electron chi connectivity index (χ0n) is 6.66. The predicted octanol–water partition coefficient (Wildman–Crippen LogP) is 1.32. The van der Waals surface area contributed by atoms with Crippen molar-refractivity contribution in [2.75, 3.05) is 19.7 Å². The number of hydrogen-bond acceptors (Lipinski definition) is 2. The van der Waals surface area contributed by atoms with Gasteiger partial charge in [0.1, 0.15) is 0 Å². The highest BCUT2D eigenvalue weighted by atomic mass is 19.4. The maximum absolute atomic E-state index is 11.7. The fourth-order valence-electron chi connectivity index (χ4n) is 1.13. The summed E-state index contributed by atoms with van der Waals surface area (Å²) in [6, 6.07) is 0. The first-order valence-corrected chi connectivity index (χ1v) is 3.97. The van der Waals surface area contributed by atoms with Gasteiger partial charge in [-0.05, 0) is 6.42 Å². The van der Waals surface area contributed by atoms with Crippen LogP contribution in [0.4, 0.5) is 13.2 Å². The van der Waals surface area contributed by atoms with Crippen LogP contribution in [0.25, 0.3) is 0 Å². The van der Waals surface area contributed by atoms with Gasteiger partial charge in [0.25, 0.3) is 0 Å². The topological polar surface area (TPSA) is 21.3 Å². The molecule has 1 heterocycles. The molecule has 0 amide bonds. The molecule has 0 aromatic rings. The molecule has 1 rings (SSSR count). The van der Waals surface area contributed by atoms with Crippen molar-refractivity contribution in [3.8, 4) is 0 Å². The summed E-state index contributed by atoms with van der Waals surface area (Å²) in [5, 5.41) is 2.98. The van der Waals surface area contributed by atoms with Gasteiger partial charge in [0.15, 0.2) is 0 Å². The Morgan fingerprint density at radius 3 is 2.67 bits per heavy atom. The highest BCUT2D eigenvalue weighted by molar-refractivity contribution is 4.68. The van der Waals surface area contributed by atoms with Crippen molar-refractivity contribution in [1.29, 1.82) is 0 Å². The third-order valence-electron chi connectivity index (χ3n) is 1.75. The molecule has 1 N–H and O–H groups in total. The van der Waals surface area contributed by atoms with Crippen LogP contribution in [-0.2, 0) is 4.74 Å². The van der Waals surface area contributed by atoms with Crippen LogP contribution in [0.15, 0.2) is 0 Å². The molecular formula is C7H12F3NO. The summed E-state index contributed by atoms with van der Waals surface area (Å²) < 4.78 is 40.3. The van der Waals surface area contributed by atoms with Crippen LogP contribution in [0.3, 0.4) is 0 Å². The van der Waals surface area contributed by atoms with Gasteiger partial charge in [-0.3, -0.25) is 0 Å². The summed E-state index contributed by atoms with van der Waals surface area (Å²) in [6.45, 7) is 1.79. The van der Waals surface area contributed by atoms with Gasteiger partial charge >= 0.3 is 6.18 Å². The molecule has 0 spiro atoms. The highest BCUT2D eigenvalue weighted by Gasteiger charge is 2.28. The van der Waals surface area contributed by atoms with E-state index in [0.717, 1.165) is 6.54 Å². The minimum atomic E-state index is -4.05. The first kappa shape index (κ1) is 9.80. The van der Waals surface area contributed by atoms with E-state index in [9.17, 15) is 13.2 Å². The van der Waals surface area contributed by atoms with E-state index >= 15 is 0 Å². The van der Waals surface area contributed by atoms with Crippen molar-refractivity contribution in [1.82, 2.24) is 5.32 Å². The Labute approximate surface area is 69.1 Å². The molecule has 1 atom stereocenters. The second-order valence-electron chi connectivity index (χ2n) is 2.85. The Morgan fingerprint density at radius 1 is 1.42 bits per heavy atom. The SMILES string of the molecule is FC(F)(F)CCC1CNCCO1. The lowest BCUT2D eigenvalue weighted by Crippen LogP contribution is -2.38. The van der Waals surface area contributed by atoms with Gasteiger partial charge in [-0.25, -0.2) is 0 Å². The summed E-state index contributed by atoms with van der Waals surface area (Å²) in [6.07, 6.45) is -5.00. The monoisotopic (exact) mass is 183 g/mol. The number of rotatable bonds is 2. The van der Waals surface area contributed by atoms with Crippen LogP contribution in [0.5, 0.6) is 0 Å². The van der Waals surface area contributed by atoms with E-state index in [0.29, 0.717) is 13.2 Å². The van der Waals surface area contributed by atoms with Crippen molar-refractivity contribution in [2.45, 2.75) is 25.1 Å². The summed E-state index contributed by atoms with van der Waals surface area (Å²) >= 11 is 0. The van der Waals surface area contributed by atoms with Gasteiger partial charge in [0.2, 0.25) is 0 Å². The van der Waals surface area contributed by atoms with Gasteiger partial charge in [-0.1, -0.05) is 0 Å². The summed E-state index contributed by atoms with van der Waals surface area (Å²) in [7, 11) is 0. The maximum atomic E-state index is 11.7. The number of alkyl halides is 3. The summed E-state index contributed by atoms with van der Waals surface area (Å²) in [5.74, 6) is 0. The largest absolute Gasteiger partial charge is 0.389 e. The van der Waals surface area contributed by atoms with Crippen LogP contribution in [0.2, 0.25) is 0 Å². The molecule has 0 aromatic heterocycles. The highest BCUT2D eigenvalue weighted by Crippen LogP contribution is 2.23. The Morgan fingerprint density at radius 2 is 2.17 bits per heavy atom. The summed E-state index contributed by atoms with van der Waals surface area (Å²) in [5.41, 5.74) is 0. The molecule has 0 bridgehead atoms. The lowest BCUT2D eigenvalue weighted by Gasteiger charge is -2.23. The number of hydrogen-bond donors (Lipinski definition) is 1. The van der Waals surface area contributed by atoms with Gasteiger partial charge in [0.05, 0.1) is 12.7 Å². The summed E-state index contributed by atoms with van der Waals surface area (Å²) in [4.78, 5) is 0. The zero-order valence-corrected chi connectivity index (χ0v) is 6.66. The van der Waals surface area contributed by atoms with E-state index < -0.39 is 12.6 Å². The molecule has 2 nitrogen and oxygen atoms in total. The van der Waals surface area contributed by atoms with E-state index in [1.807, 2.05) is 0 Å². The first-order valence-electron chi connectivity index (χ1n) is 3.97. The first-order chi connectivity index (χ1) is 5.58. The minimum Gasteiger partial charge on any atom is -0.376 e. The van der Waals surface area contributed by atoms with Crippen LogP contribution >= 0.6 is 0 Å². The fourth-order valence-corrected chi connectivity index (χ4v) is 1.13. The van der Waals surface area contributed by atoms with Crippen LogP contribution in [0.1, 0.15) is 12.8 Å². The van der Waals surface area contributed by atoms with Crippen molar-refractivity contribution < 1.29 is 17.9 Å². The third-order valence-corrected chi connectivity index (χ3v) is 1.75. The molecule has 1 saturated heterocycles. The van der Waals surface area contributed by atoms with E-state index in [1.54, 1.807) is 0 Å². The van der Waals surface area contributed by atoms with Gasteiger partial charge < -0.3 is 10.1 Å². The molecule has 5 heteroatoms. The standard InChI is InChI=1S/C7H12F3NO/c8-7(9,10)2-1-6-5-11-3-4-12-6/h6,11H,1-5H2. The Hall–Kier alpha value is -0.290. The van der Waals surface area contributed by atoms with E-state index in [2.05, 4.69) is 5.32 Å². The zero-order chi connectivity index (χ0) is 9.03. The van der Waals surface area contributed by atoms with Crippen molar-refractivity contribution >= 4 is 0 Å². The molecule has 1 aliphatic rings. The van der Waals surface area contributed by atoms with Gasteiger partial charge in [0, 0.05) is 19.5 Å². The number of morpholine rings is 1. The lowest BCUT2D eigenvalue weighted by atomic mass is 10.2. The molecule has 0 saturated carbocycles. The van der Waals surface area contributed by atoms with Gasteiger partial charge in [-0.2, -0.15) is 13.2 Å². The minimum absolute atomic E-state index is 0.0660. The van der Waals surface area contributed by atoms with E-state index in [4.69, 9.17) is 4.74 Å². The molecule has 0 aliphatic carbocycles. The maximum Gasteiger partial charge on any atom is 0.389 e. The average molecular weight is 183 g/mol. The molecule has 1 fully saturated rings. The second kappa shape index (κ2) is 4.09. The smallest absolute Gasteiger partial charge is 0.376 e. The Kier molecular flexibility index (Phi) is 3.34. The quantitative estimate of drug-likeness (QED) is 0.697. The normalized spacial score (nSPS) is 25.8. The number of halogens is 3. The van der Waals surface area contributed by atoms with E-state index in [-0.39, 0.29) is 12.5 Å². The lowest BCUT2D eigenvalue weighted by molar-refractivity contribution is -0.142. The fraction of sp³-hybridized carbons (Fsp3) is 1.00. The molecule has 0 radical (unpaired) electrons. The van der Waals surface area contributed by atoms with Crippen LogP contribution in [0, 0.1) is 0 Å². The van der Waals surface area contributed by atoms with Gasteiger partial charge in [-0.15, -0.1) is 0 Å². The van der Waals surface area contributed by atoms with Crippen LogP contribution < -0.4 is 5.32 Å². The van der Waals surface area contributed by atoms with Crippen LogP contribution in [-0.4, -0.2) is 32.0 Å². The third kappa shape index (κ3) is 3.92. The van der Waals surface area contributed by atoms with Crippen molar-refractivity contribution in [2.24, 2.45) is 0 Å². The second-order valence-corrected chi connectivity index (χ2v) is 2.85. The number of nitrogens with one attached hydrogen (secondary N) is 1. The molecule has 1 aliphatic heterocycles. The molecule has 1 unspecified atom stereocenters. The van der Waals surface area contributed by atoms with E-state index in [1.165, 1.54) is 0 Å². The average Bonchev–Trinajstić information content (AvgIpc) is 2.02. The van der Waals surface area contributed by atoms with Crippen molar-refractivity contribution in [3.63, 3.8) is 0 Å². The van der Waals surface area contributed by atoms with Crippen molar-refractivity contribution in [3.05, 3.63) is 0 Å². The molecule has 12 heavy (non-hydrogen) atoms.